The van der Waals surface area contributed by atoms with Crippen LogP contribution < -0.4 is 4.74 Å². The number of pyridine rings is 1. The summed E-state index contributed by atoms with van der Waals surface area (Å²) in [5.41, 5.74) is 2.48. The molecule has 1 aromatic carbocycles. The maximum Gasteiger partial charge on any atom is 0.264 e. The van der Waals surface area contributed by atoms with Gasteiger partial charge in [0.25, 0.3) is 5.91 Å². The van der Waals surface area contributed by atoms with Crippen LogP contribution in [-0.4, -0.2) is 61.9 Å². The number of aromatic nitrogens is 2. The minimum Gasteiger partial charge on any atom is -0.456 e. The van der Waals surface area contributed by atoms with Gasteiger partial charge in [-0.1, -0.05) is 20.8 Å². The maximum atomic E-state index is 13.9. The van der Waals surface area contributed by atoms with Gasteiger partial charge in [-0.3, -0.25) is 9.78 Å². The third kappa shape index (κ3) is 5.52. The fourth-order valence-electron chi connectivity index (χ4n) is 5.04. The van der Waals surface area contributed by atoms with E-state index in [0.29, 0.717) is 17.2 Å². The lowest BCUT2D eigenvalue weighted by Gasteiger charge is -2.39. The molecule has 5 rings (SSSR count). The number of likely N-dealkylation sites (tertiary alicyclic amines) is 1. The molecule has 0 aliphatic carbocycles. The van der Waals surface area contributed by atoms with Crippen molar-refractivity contribution in [3.05, 3.63) is 53.2 Å². The summed E-state index contributed by atoms with van der Waals surface area (Å²) >= 11 is 1.43. The quantitative estimate of drug-likeness (QED) is 0.277. The molecule has 1 fully saturated rings. The summed E-state index contributed by atoms with van der Waals surface area (Å²) in [7, 11) is 0.923. The van der Waals surface area contributed by atoms with Gasteiger partial charge in [-0.05, 0) is 62.6 Å². The molecule has 4 heterocycles. The van der Waals surface area contributed by atoms with E-state index in [0.717, 1.165) is 39.0 Å². The number of benzene rings is 1. The lowest BCUT2D eigenvalue weighted by molar-refractivity contribution is 0.0178. The van der Waals surface area contributed by atoms with Crippen LogP contribution in [-0.2, 0) is 9.16 Å². The number of ether oxygens (including phenoxy) is 2. The van der Waals surface area contributed by atoms with Crippen molar-refractivity contribution in [1.82, 2.24) is 14.9 Å². The Morgan fingerprint density at radius 2 is 1.95 bits per heavy atom. The average Bonchev–Trinajstić information content (AvgIpc) is 3.58. The Morgan fingerprint density at radius 1 is 1.16 bits per heavy atom. The number of thiophene rings is 1. The van der Waals surface area contributed by atoms with E-state index in [1.807, 2.05) is 42.2 Å². The number of carbonyl (C=O) groups is 1. The molecule has 1 saturated heterocycles. The minimum atomic E-state index is -0.792. The summed E-state index contributed by atoms with van der Waals surface area (Å²) in [6, 6.07) is 11.8. The number of carbonyl (C=O) groups excluding carboxylic acids is 1. The molecule has 38 heavy (non-hydrogen) atoms. The second kappa shape index (κ2) is 10.1. The summed E-state index contributed by atoms with van der Waals surface area (Å²) < 4.78 is 19.4. The molecule has 2 unspecified atom stereocenters. The van der Waals surface area contributed by atoms with Crippen molar-refractivity contribution < 1.29 is 18.7 Å². The van der Waals surface area contributed by atoms with Crippen LogP contribution in [0.3, 0.4) is 0 Å². The second-order valence-corrected chi connectivity index (χ2v) is 15.7. The van der Waals surface area contributed by atoms with E-state index in [9.17, 15) is 4.79 Å². The van der Waals surface area contributed by atoms with Gasteiger partial charge >= 0.3 is 0 Å². The first-order valence-electron chi connectivity index (χ1n) is 13.1. The molecule has 4 aromatic rings. The summed E-state index contributed by atoms with van der Waals surface area (Å²) in [4.78, 5) is 24.4. The van der Waals surface area contributed by atoms with Gasteiger partial charge in [-0.25, -0.2) is 0 Å². The molecule has 0 bridgehead atoms. The molecule has 0 saturated carbocycles. The van der Waals surface area contributed by atoms with Crippen LogP contribution in [0.1, 0.15) is 56.4 Å². The van der Waals surface area contributed by atoms with Gasteiger partial charge in [0, 0.05) is 42.5 Å². The normalized spacial score (nSPS) is 18.9. The number of amides is 1. The number of H-pyrrole nitrogens is 1. The fraction of sp³-hybridized carbons (Fsp3) is 0.448. The molecule has 1 amide bonds. The predicted molar refractivity (Wildman–Crippen MR) is 156 cm³/mol. The summed E-state index contributed by atoms with van der Waals surface area (Å²) in [5.74, 6) is 1.43. The fourth-order valence-corrected chi connectivity index (χ4v) is 7.06. The van der Waals surface area contributed by atoms with Gasteiger partial charge in [0.1, 0.15) is 11.5 Å². The minimum absolute atomic E-state index is 0.0122. The number of fused-ring (bicyclic) bond motifs is 2. The lowest BCUT2D eigenvalue weighted by Crippen LogP contribution is -2.50. The van der Waals surface area contributed by atoms with E-state index in [4.69, 9.17) is 13.9 Å². The Labute approximate surface area is 230 Å². The second-order valence-electron chi connectivity index (χ2n) is 12.0. The Kier molecular flexibility index (Phi) is 7.15. The van der Waals surface area contributed by atoms with Gasteiger partial charge in [0.15, 0.2) is 9.76 Å². The number of hydrogen-bond donors (Lipinski definition) is 1. The first kappa shape index (κ1) is 26.9. The number of methoxy groups -OCH3 is 1. The van der Waals surface area contributed by atoms with E-state index in [-0.39, 0.29) is 23.1 Å². The van der Waals surface area contributed by atoms with Crippen LogP contribution in [0, 0.1) is 6.92 Å². The Bertz CT molecular complexity index is 1470. The zero-order valence-electron chi connectivity index (χ0n) is 23.3. The molecule has 9 heteroatoms. The van der Waals surface area contributed by atoms with Crippen LogP contribution in [0.2, 0.25) is 5.04 Å². The van der Waals surface area contributed by atoms with Crippen molar-refractivity contribution in [2.45, 2.75) is 70.7 Å². The van der Waals surface area contributed by atoms with E-state index >= 15 is 0 Å². The zero-order valence-corrected chi connectivity index (χ0v) is 25.5. The van der Waals surface area contributed by atoms with Gasteiger partial charge in [-0.2, -0.15) is 0 Å². The van der Waals surface area contributed by atoms with Gasteiger partial charge in [-0.15, -0.1) is 11.3 Å². The predicted octanol–water partition coefficient (Wildman–Crippen LogP) is 6.21. The third-order valence-corrected chi connectivity index (χ3v) is 9.96. The number of nitrogens with one attached hydrogen (secondary N) is 1. The van der Waals surface area contributed by atoms with E-state index < -0.39 is 15.4 Å². The Morgan fingerprint density at radius 3 is 2.68 bits per heavy atom. The summed E-state index contributed by atoms with van der Waals surface area (Å²) in [6.45, 7) is 13.4. The zero-order chi connectivity index (χ0) is 27.2. The monoisotopic (exact) mass is 551 g/mol. The molecule has 202 valence electrons. The van der Waals surface area contributed by atoms with Crippen molar-refractivity contribution in [3.8, 4) is 11.5 Å². The molecule has 2 atom stereocenters. The maximum absolute atomic E-state index is 13.9. The van der Waals surface area contributed by atoms with Crippen molar-refractivity contribution in [2.75, 3.05) is 13.7 Å². The molecular formula is C29H37N3O4SSi. The van der Waals surface area contributed by atoms with Crippen LogP contribution in [0.25, 0.3) is 21.1 Å². The van der Waals surface area contributed by atoms with E-state index in [1.165, 1.54) is 11.3 Å². The SMILES string of the molecule is COC1CC(C(C)(C)O[SiH2]C(C)(C)C)N(C(=O)c2cc3nccc(Oc4ccc5[nH]c(C)cc5c4)c3s2)C1. The Hall–Kier alpha value is -2.72. The Balaban J connectivity index is 1.42. The van der Waals surface area contributed by atoms with Crippen LogP contribution in [0.15, 0.2) is 42.6 Å². The molecule has 3 aromatic heterocycles. The number of aryl methyl sites for hydroxylation is 1. The molecule has 1 aliphatic heterocycles. The molecule has 1 N–H and O–H groups in total. The summed E-state index contributed by atoms with van der Waals surface area (Å²) in [5, 5.41) is 1.27. The van der Waals surface area contributed by atoms with Gasteiger partial charge < -0.3 is 23.8 Å². The number of aromatic amines is 1. The highest BCUT2D eigenvalue weighted by Gasteiger charge is 2.45. The van der Waals surface area contributed by atoms with Crippen LogP contribution in [0.4, 0.5) is 0 Å². The smallest absolute Gasteiger partial charge is 0.264 e. The lowest BCUT2D eigenvalue weighted by atomic mass is 9.96. The van der Waals surface area contributed by atoms with Crippen LogP contribution in [0.5, 0.6) is 11.5 Å². The van der Waals surface area contributed by atoms with Gasteiger partial charge in [0.2, 0.25) is 0 Å². The highest BCUT2D eigenvalue weighted by molar-refractivity contribution is 7.21. The van der Waals surface area contributed by atoms with E-state index in [2.05, 4.69) is 50.7 Å². The average molecular weight is 552 g/mol. The van der Waals surface area contributed by atoms with Crippen molar-refractivity contribution in [3.63, 3.8) is 0 Å². The number of nitrogens with zero attached hydrogens (tertiary/aromatic N) is 2. The molecule has 0 radical (unpaired) electrons. The highest BCUT2D eigenvalue weighted by atomic mass is 32.1. The van der Waals surface area contributed by atoms with Gasteiger partial charge in [0.05, 0.1) is 32.8 Å². The molecule has 7 nitrogen and oxygen atoms in total. The third-order valence-electron chi connectivity index (χ3n) is 7.08. The summed E-state index contributed by atoms with van der Waals surface area (Å²) in [6.07, 6.45) is 2.47. The first-order chi connectivity index (χ1) is 17.9. The molecular weight excluding hydrogens is 514 g/mol. The standard InChI is InChI=1S/C29H37N3O4SSi/c1-17-12-18-13-19(8-9-21(18)31-17)35-23-10-11-30-22-15-24(37-26(22)23)27(33)32-16-20(34-7)14-25(32)29(5,6)36-38-28(2,3)4/h8-13,15,20,25,31H,14,16,38H2,1-7H3. The largest absolute Gasteiger partial charge is 0.456 e. The number of hydrogen-bond acceptors (Lipinski definition) is 6. The molecule has 1 aliphatic rings. The van der Waals surface area contributed by atoms with Crippen molar-refractivity contribution >= 4 is 48.1 Å². The first-order valence-corrected chi connectivity index (χ1v) is 15.2. The van der Waals surface area contributed by atoms with Crippen molar-refractivity contribution in [2.24, 2.45) is 0 Å². The topological polar surface area (TPSA) is 76.7 Å². The van der Waals surface area contributed by atoms with Crippen molar-refractivity contribution in [1.29, 1.82) is 0 Å². The highest BCUT2D eigenvalue weighted by Crippen LogP contribution is 2.39. The van der Waals surface area contributed by atoms with E-state index in [1.54, 1.807) is 13.3 Å². The van der Waals surface area contributed by atoms with Crippen LogP contribution >= 0.6 is 11.3 Å². The number of rotatable bonds is 7. The molecule has 0 spiro atoms.